The van der Waals surface area contributed by atoms with Crippen molar-refractivity contribution in [1.82, 2.24) is 14.4 Å². The summed E-state index contributed by atoms with van der Waals surface area (Å²) in [6.07, 6.45) is 4.12. The van der Waals surface area contributed by atoms with Gasteiger partial charge < -0.3 is 4.40 Å². The summed E-state index contributed by atoms with van der Waals surface area (Å²) in [7, 11) is 0. The summed E-state index contributed by atoms with van der Waals surface area (Å²) in [4.78, 5) is 9.90. The van der Waals surface area contributed by atoms with Gasteiger partial charge in [-0.15, -0.1) is 0 Å². The van der Waals surface area contributed by atoms with Crippen LogP contribution in [0.5, 0.6) is 0 Å². The van der Waals surface area contributed by atoms with E-state index in [0.717, 1.165) is 39.1 Å². The van der Waals surface area contributed by atoms with Gasteiger partial charge in [0.1, 0.15) is 0 Å². The summed E-state index contributed by atoms with van der Waals surface area (Å²) in [5.74, 6) is 0. The third-order valence-corrected chi connectivity index (χ3v) is 4.44. The van der Waals surface area contributed by atoms with Crippen molar-refractivity contribution in [3.8, 4) is 22.5 Å². The van der Waals surface area contributed by atoms with E-state index in [1.54, 1.807) is 0 Å². The lowest BCUT2D eigenvalue weighted by Crippen LogP contribution is -1.95. The fourth-order valence-electron chi connectivity index (χ4n) is 3.24. The first-order valence-electron chi connectivity index (χ1n) is 8.28. The van der Waals surface area contributed by atoms with E-state index in [2.05, 4.69) is 47.1 Å². The van der Waals surface area contributed by atoms with Crippen molar-refractivity contribution in [2.45, 2.75) is 0 Å². The molecule has 0 aliphatic carbocycles. The zero-order valence-electron chi connectivity index (χ0n) is 13.5. The number of fused-ring (bicyclic) bond motifs is 2. The van der Waals surface area contributed by atoms with E-state index >= 15 is 0 Å². The fourth-order valence-corrected chi connectivity index (χ4v) is 3.24. The number of nitrogens with zero attached hydrogens (tertiary/aromatic N) is 3. The average Bonchev–Trinajstić information content (AvgIpc) is 3.12. The Morgan fingerprint density at radius 3 is 2.04 bits per heavy atom. The molecule has 118 valence electrons. The topological polar surface area (TPSA) is 30.2 Å². The van der Waals surface area contributed by atoms with Crippen LogP contribution in [0.15, 0.2) is 91.3 Å². The first-order valence-corrected chi connectivity index (χ1v) is 8.28. The zero-order valence-corrected chi connectivity index (χ0v) is 13.5. The molecule has 0 bridgehead atoms. The third-order valence-electron chi connectivity index (χ3n) is 4.44. The largest absolute Gasteiger partial charge is 0.323 e. The molecule has 3 heterocycles. The van der Waals surface area contributed by atoms with E-state index in [1.807, 2.05) is 48.5 Å². The van der Waals surface area contributed by atoms with E-state index in [0.29, 0.717) is 0 Å². The van der Waals surface area contributed by atoms with Gasteiger partial charge in [-0.3, -0.25) is 0 Å². The van der Waals surface area contributed by atoms with Crippen LogP contribution in [-0.2, 0) is 0 Å². The second-order valence-electron chi connectivity index (χ2n) is 6.00. The van der Waals surface area contributed by atoms with E-state index in [-0.39, 0.29) is 0 Å². The first-order chi connectivity index (χ1) is 12.4. The predicted molar refractivity (Wildman–Crippen MR) is 101 cm³/mol. The highest BCUT2D eigenvalue weighted by molar-refractivity contribution is 5.91. The highest BCUT2D eigenvalue weighted by Gasteiger charge is 2.15. The van der Waals surface area contributed by atoms with Crippen molar-refractivity contribution in [2.75, 3.05) is 0 Å². The molecule has 0 fully saturated rings. The molecule has 3 aromatic heterocycles. The molecule has 0 spiro atoms. The fraction of sp³-hybridized carbons (Fsp3) is 0. The smallest absolute Gasteiger partial charge is 0.0994 e. The molecule has 25 heavy (non-hydrogen) atoms. The molecule has 5 rings (SSSR count). The lowest BCUT2D eigenvalue weighted by atomic mass is 10.0. The molecule has 0 aliphatic rings. The van der Waals surface area contributed by atoms with E-state index < -0.39 is 0 Å². The van der Waals surface area contributed by atoms with Gasteiger partial charge in [-0.25, -0.2) is 9.97 Å². The number of rotatable bonds is 2. The standard InChI is InChI=1S/C22H15N3/c1-2-8-16(9-3-1)21-22(24-19-11-5-4-10-18(19)23-21)17-13-15-25-14-7-6-12-20(17)25/h1-15H. The van der Waals surface area contributed by atoms with Crippen LogP contribution < -0.4 is 0 Å². The molecular formula is C22H15N3. The monoisotopic (exact) mass is 321 g/mol. The molecule has 3 nitrogen and oxygen atoms in total. The van der Waals surface area contributed by atoms with E-state index in [4.69, 9.17) is 9.97 Å². The van der Waals surface area contributed by atoms with E-state index in [9.17, 15) is 0 Å². The summed E-state index contributed by atoms with van der Waals surface area (Å²) >= 11 is 0. The minimum atomic E-state index is 0.910. The van der Waals surface area contributed by atoms with Crippen molar-refractivity contribution in [2.24, 2.45) is 0 Å². The quantitative estimate of drug-likeness (QED) is 0.446. The maximum absolute atomic E-state index is 4.97. The van der Waals surface area contributed by atoms with Crippen LogP contribution in [-0.4, -0.2) is 14.4 Å². The minimum Gasteiger partial charge on any atom is -0.323 e. The van der Waals surface area contributed by atoms with Crippen molar-refractivity contribution >= 4 is 16.6 Å². The molecule has 0 N–H and O–H groups in total. The van der Waals surface area contributed by atoms with Gasteiger partial charge in [-0.2, -0.15) is 0 Å². The second kappa shape index (κ2) is 5.56. The highest BCUT2D eigenvalue weighted by atomic mass is 14.9. The highest BCUT2D eigenvalue weighted by Crippen LogP contribution is 2.33. The Labute approximate surface area is 145 Å². The normalized spacial score (nSPS) is 11.2. The number of para-hydroxylation sites is 2. The maximum atomic E-state index is 4.97. The van der Waals surface area contributed by atoms with Crippen molar-refractivity contribution in [3.63, 3.8) is 0 Å². The summed E-state index contributed by atoms with van der Waals surface area (Å²) in [6.45, 7) is 0. The van der Waals surface area contributed by atoms with Crippen LogP contribution in [0.3, 0.4) is 0 Å². The number of benzene rings is 2. The molecule has 3 heteroatoms. The van der Waals surface area contributed by atoms with Gasteiger partial charge >= 0.3 is 0 Å². The summed E-state index contributed by atoms with van der Waals surface area (Å²) < 4.78 is 2.11. The van der Waals surface area contributed by atoms with Gasteiger partial charge in [0.05, 0.1) is 27.9 Å². The van der Waals surface area contributed by atoms with Crippen molar-refractivity contribution in [3.05, 3.63) is 91.3 Å². The van der Waals surface area contributed by atoms with Gasteiger partial charge in [0.2, 0.25) is 0 Å². The zero-order chi connectivity index (χ0) is 16.6. The summed E-state index contributed by atoms with van der Waals surface area (Å²) in [5, 5.41) is 0. The Bertz CT molecular complexity index is 1190. The number of aromatic nitrogens is 3. The third kappa shape index (κ3) is 2.29. The Kier molecular flexibility index (Phi) is 3.10. The molecule has 0 saturated heterocycles. The molecule has 0 atom stereocenters. The number of hydrogen-bond acceptors (Lipinski definition) is 2. The van der Waals surface area contributed by atoms with Gasteiger partial charge in [-0.05, 0) is 30.3 Å². The maximum Gasteiger partial charge on any atom is 0.0994 e. The predicted octanol–water partition coefficient (Wildman–Crippen LogP) is 5.22. The van der Waals surface area contributed by atoms with Crippen LogP contribution in [0.25, 0.3) is 39.1 Å². The summed E-state index contributed by atoms with van der Waals surface area (Å²) in [5.41, 5.74) is 6.95. The molecule has 0 unspecified atom stereocenters. The molecule has 0 saturated carbocycles. The Hall–Kier alpha value is -3.46. The Morgan fingerprint density at radius 1 is 0.560 bits per heavy atom. The van der Waals surface area contributed by atoms with Crippen LogP contribution in [0.1, 0.15) is 0 Å². The average molecular weight is 321 g/mol. The molecule has 2 aromatic carbocycles. The number of hydrogen-bond donors (Lipinski definition) is 0. The minimum absolute atomic E-state index is 0.910. The Balaban J connectivity index is 1.87. The molecule has 0 radical (unpaired) electrons. The molecule has 0 aliphatic heterocycles. The van der Waals surface area contributed by atoms with Crippen molar-refractivity contribution < 1.29 is 0 Å². The summed E-state index contributed by atoms with van der Waals surface area (Å²) in [6, 6.07) is 26.6. The van der Waals surface area contributed by atoms with Gasteiger partial charge in [0, 0.05) is 23.5 Å². The SMILES string of the molecule is c1ccc(-c2nc3ccccc3nc2-c2ccn3ccccc23)cc1. The van der Waals surface area contributed by atoms with E-state index in [1.165, 1.54) is 0 Å². The lowest BCUT2D eigenvalue weighted by Gasteiger charge is -2.10. The van der Waals surface area contributed by atoms with Crippen LogP contribution >= 0.6 is 0 Å². The van der Waals surface area contributed by atoms with Crippen LogP contribution in [0, 0.1) is 0 Å². The van der Waals surface area contributed by atoms with Gasteiger partial charge in [0.15, 0.2) is 0 Å². The first kappa shape index (κ1) is 13.9. The van der Waals surface area contributed by atoms with Gasteiger partial charge in [-0.1, -0.05) is 48.5 Å². The molecule has 5 aromatic rings. The van der Waals surface area contributed by atoms with Crippen LogP contribution in [0.2, 0.25) is 0 Å². The molecular weight excluding hydrogens is 306 g/mol. The van der Waals surface area contributed by atoms with Crippen molar-refractivity contribution in [1.29, 1.82) is 0 Å². The second-order valence-corrected chi connectivity index (χ2v) is 6.00. The Morgan fingerprint density at radius 2 is 1.24 bits per heavy atom. The number of pyridine rings is 1. The van der Waals surface area contributed by atoms with Gasteiger partial charge in [0.25, 0.3) is 0 Å². The van der Waals surface area contributed by atoms with Crippen LogP contribution in [0.4, 0.5) is 0 Å². The molecule has 0 amide bonds. The lowest BCUT2D eigenvalue weighted by molar-refractivity contribution is 1.20.